The summed E-state index contributed by atoms with van der Waals surface area (Å²) in [5.41, 5.74) is 2.37. The van der Waals surface area contributed by atoms with Crippen LogP contribution in [0.1, 0.15) is 40.9 Å². The minimum absolute atomic E-state index is 0.00256. The highest BCUT2D eigenvalue weighted by molar-refractivity contribution is 7.80. The molecule has 0 aliphatic carbocycles. The van der Waals surface area contributed by atoms with Gasteiger partial charge >= 0.3 is 11.9 Å². The van der Waals surface area contributed by atoms with Gasteiger partial charge in [-0.05, 0) is 34.4 Å². The normalized spacial score (nSPS) is 11.4. The Kier molecular flexibility index (Phi) is 18.6. The fraction of sp³-hybridized carbons (Fsp3) is 0.205. The van der Waals surface area contributed by atoms with Gasteiger partial charge in [-0.3, -0.25) is 19.4 Å². The molecule has 0 spiro atoms. The Morgan fingerprint density at radius 1 is 0.677 bits per heavy atom. The van der Waals surface area contributed by atoms with E-state index in [-0.39, 0.29) is 50.3 Å². The van der Waals surface area contributed by atoms with Crippen LogP contribution in [0.3, 0.4) is 0 Å². The van der Waals surface area contributed by atoms with Gasteiger partial charge in [0.2, 0.25) is 0 Å². The summed E-state index contributed by atoms with van der Waals surface area (Å²) in [7, 11) is 4.48. The topological polar surface area (TPSA) is 228 Å². The summed E-state index contributed by atoms with van der Waals surface area (Å²) in [4.78, 5) is 64.7. The van der Waals surface area contributed by atoms with Gasteiger partial charge < -0.3 is 30.7 Å². The molecule has 65 heavy (non-hydrogen) atoms. The predicted octanol–water partition coefficient (Wildman–Crippen LogP) is 7.03. The van der Waals surface area contributed by atoms with Crippen LogP contribution >= 0.6 is 58.6 Å². The van der Waals surface area contributed by atoms with Crippen LogP contribution in [-0.4, -0.2) is 81.9 Å². The van der Waals surface area contributed by atoms with E-state index in [0.29, 0.717) is 43.6 Å². The molecule has 1 unspecified atom stereocenters. The number of rotatable bonds is 13. The number of methoxy groups -OCH3 is 1. The van der Waals surface area contributed by atoms with E-state index in [1.807, 2.05) is 13.8 Å². The predicted molar refractivity (Wildman–Crippen MR) is 253 cm³/mol. The number of thiocarbonyl (C=S) groups is 1. The van der Waals surface area contributed by atoms with Crippen molar-refractivity contribution in [3.8, 4) is 33.8 Å². The summed E-state index contributed by atoms with van der Waals surface area (Å²) in [6.07, 6.45) is 5.20. The van der Waals surface area contributed by atoms with Crippen molar-refractivity contribution in [2.45, 2.75) is 38.8 Å². The first-order valence-electron chi connectivity index (χ1n) is 19.3. The number of carbonyl (C=O) groups excluding carboxylic acids is 1. The van der Waals surface area contributed by atoms with Crippen LogP contribution in [0.15, 0.2) is 101 Å². The van der Waals surface area contributed by atoms with Crippen LogP contribution in [-0.2, 0) is 36.5 Å². The Morgan fingerprint density at radius 2 is 1.12 bits per heavy atom. The number of carbonyl (C=O) groups is 3. The van der Waals surface area contributed by atoms with Gasteiger partial charge in [-0.2, -0.15) is 10.2 Å². The lowest BCUT2D eigenvalue weighted by Crippen LogP contribution is -2.42. The van der Waals surface area contributed by atoms with Crippen LogP contribution in [0.5, 0.6) is 11.5 Å². The average Bonchev–Trinajstić information content (AvgIpc) is 3.27. The van der Waals surface area contributed by atoms with Gasteiger partial charge in [-0.25, -0.2) is 19.0 Å². The number of nitrogens with one attached hydrogen (secondary N) is 2. The third-order valence-corrected chi connectivity index (χ3v) is 10.8. The smallest absolute Gasteiger partial charge is 0.326 e. The SMILES string of the molecule is CC.COc1cnn(C)c(=O)c1-c1ccc(C[C@H](NC(=S)c2c(Cl)cccc2Cl)C(=O)O)cc1.Cn1ncc(O)c(-c2ccc(CC(NC(=O)c3c(Cl)cncc3Cl)C(=O)O)cc2)c1=O. The maximum Gasteiger partial charge on any atom is 0.326 e. The fourth-order valence-corrected chi connectivity index (χ4v) is 7.63. The largest absolute Gasteiger partial charge is 0.505 e. The molecule has 0 saturated carbocycles. The first kappa shape index (κ1) is 51.3. The first-order chi connectivity index (χ1) is 30.9. The molecule has 3 aromatic heterocycles. The molecule has 0 bridgehead atoms. The van der Waals surface area contributed by atoms with E-state index < -0.39 is 35.5 Å². The molecule has 340 valence electrons. The maximum atomic E-state index is 12.5. The van der Waals surface area contributed by atoms with Crippen molar-refractivity contribution in [1.29, 1.82) is 0 Å². The number of nitrogens with zero attached hydrogens (tertiary/aromatic N) is 5. The molecule has 2 atom stereocenters. The number of carboxylic acids is 2. The van der Waals surface area contributed by atoms with Crippen molar-refractivity contribution in [1.82, 2.24) is 35.2 Å². The van der Waals surface area contributed by atoms with E-state index in [4.69, 9.17) is 63.4 Å². The number of halogens is 4. The van der Waals surface area contributed by atoms with Gasteiger partial charge in [-0.15, -0.1) is 0 Å². The second-order valence-corrected chi connectivity index (χ2v) is 15.5. The summed E-state index contributed by atoms with van der Waals surface area (Å²) >= 11 is 29.6. The minimum Gasteiger partial charge on any atom is -0.505 e. The van der Waals surface area contributed by atoms with Crippen molar-refractivity contribution < 1.29 is 34.4 Å². The lowest BCUT2D eigenvalue weighted by Gasteiger charge is -2.18. The van der Waals surface area contributed by atoms with Crippen molar-refractivity contribution >= 4 is 81.5 Å². The Bertz CT molecular complexity index is 2780. The second kappa shape index (κ2) is 23.5. The number of carboxylic acid groups (broad SMARTS) is 2. The van der Waals surface area contributed by atoms with Gasteiger partial charge in [0.05, 0.1) is 56.3 Å². The number of aromatic hydroxyl groups is 1. The van der Waals surface area contributed by atoms with E-state index in [0.717, 1.165) is 16.4 Å². The van der Waals surface area contributed by atoms with Crippen molar-refractivity contribution in [3.63, 3.8) is 0 Å². The number of amides is 1. The zero-order chi connectivity index (χ0) is 48.1. The Labute approximate surface area is 397 Å². The fourth-order valence-electron chi connectivity index (χ4n) is 6.04. The number of ether oxygens (including phenoxy) is 1. The van der Waals surface area contributed by atoms with E-state index in [1.54, 1.807) is 73.8 Å². The van der Waals surface area contributed by atoms with Gasteiger partial charge in [-0.1, -0.05) is 127 Å². The summed E-state index contributed by atoms with van der Waals surface area (Å²) in [6, 6.07) is 16.0. The molecule has 6 rings (SSSR count). The number of benzene rings is 3. The van der Waals surface area contributed by atoms with Crippen LogP contribution in [0.2, 0.25) is 20.1 Å². The molecule has 0 fully saturated rings. The Hall–Kier alpha value is -6.37. The molecule has 0 aliphatic rings. The highest BCUT2D eigenvalue weighted by Crippen LogP contribution is 2.28. The van der Waals surface area contributed by atoms with E-state index in [1.165, 1.54) is 37.4 Å². The van der Waals surface area contributed by atoms with Gasteiger partial charge in [0, 0.05) is 44.9 Å². The molecule has 1 amide bonds. The number of pyridine rings is 1. The van der Waals surface area contributed by atoms with Gasteiger partial charge in [0.25, 0.3) is 17.0 Å². The van der Waals surface area contributed by atoms with Gasteiger partial charge in [0.15, 0.2) is 5.75 Å². The first-order valence-corrected chi connectivity index (χ1v) is 21.2. The number of hydrogen-bond acceptors (Lipinski definition) is 11. The highest BCUT2D eigenvalue weighted by Gasteiger charge is 2.25. The molecule has 0 saturated heterocycles. The molecule has 3 aromatic carbocycles. The van der Waals surface area contributed by atoms with E-state index in [9.17, 15) is 39.3 Å². The molecule has 0 radical (unpaired) electrons. The summed E-state index contributed by atoms with van der Waals surface area (Å²) in [6.45, 7) is 4.00. The lowest BCUT2D eigenvalue weighted by atomic mass is 10.0. The number of aryl methyl sites for hydroxylation is 2. The number of aliphatic carboxylic acids is 2. The Morgan fingerprint density at radius 3 is 1.60 bits per heavy atom. The van der Waals surface area contributed by atoms with Crippen molar-refractivity contribution in [2.75, 3.05) is 7.11 Å². The minimum atomic E-state index is -1.26. The molecular weight excluding hydrogens is 944 g/mol. The number of hydrogen-bond donors (Lipinski definition) is 5. The van der Waals surface area contributed by atoms with E-state index >= 15 is 0 Å². The van der Waals surface area contributed by atoms with Crippen molar-refractivity contribution in [2.24, 2.45) is 14.1 Å². The third-order valence-electron chi connectivity index (χ3n) is 9.28. The van der Waals surface area contributed by atoms with Crippen LogP contribution < -0.4 is 26.5 Å². The Balaban J connectivity index is 0.000000274. The van der Waals surface area contributed by atoms with E-state index in [2.05, 4.69) is 25.8 Å². The molecular formula is C44H41Cl4N7O9S. The highest BCUT2D eigenvalue weighted by atomic mass is 35.5. The molecule has 16 nitrogen and oxygen atoms in total. The average molecular weight is 986 g/mol. The monoisotopic (exact) mass is 983 g/mol. The molecule has 0 aliphatic heterocycles. The standard InChI is InChI=1S/C22H19Cl2N3O4S.C20H16Cl2N4O5.C2H6/c1-27-21(28)18(17(31-2)11-25-27)13-8-6-12(7-9-13)10-16(22(29)30)26-20(32)19-14(23)4-3-5-15(19)24;1-26-19(29)16(15(27)9-24-26)11-4-2-10(3-5-11)6-14(20(30)31)25-18(28)17-12(21)7-23-8-13(17)22;1-2/h3-9,11,16H,10H2,1-2H3,(H,26,32)(H,29,30);2-5,7-9,14,27H,6H2,1H3,(H,25,28)(H,30,31);1-2H3/t16-;;/m0../s1. The van der Waals surface area contributed by atoms with Gasteiger partial charge in [0.1, 0.15) is 22.8 Å². The molecule has 3 heterocycles. The summed E-state index contributed by atoms with van der Waals surface area (Å²) in [5.74, 6) is -2.99. The molecule has 21 heteroatoms. The maximum absolute atomic E-state index is 12.5. The number of aromatic nitrogens is 5. The van der Waals surface area contributed by atoms with Crippen molar-refractivity contribution in [3.05, 3.63) is 155 Å². The molecule has 5 N–H and O–H groups in total. The second-order valence-electron chi connectivity index (χ2n) is 13.5. The van der Waals surface area contributed by atoms with Crippen LogP contribution in [0.4, 0.5) is 0 Å². The zero-order valence-electron chi connectivity index (χ0n) is 35.2. The summed E-state index contributed by atoms with van der Waals surface area (Å²) < 4.78 is 7.58. The quantitative estimate of drug-likeness (QED) is 0.0733. The van der Waals surface area contributed by atoms with Crippen LogP contribution in [0, 0.1) is 0 Å². The van der Waals surface area contributed by atoms with Crippen LogP contribution in [0.25, 0.3) is 22.3 Å². The lowest BCUT2D eigenvalue weighted by molar-refractivity contribution is -0.140. The third kappa shape index (κ3) is 12.9. The summed E-state index contributed by atoms with van der Waals surface area (Å²) in [5, 5.41) is 42.8. The zero-order valence-corrected chi connectivity index (χ0v) is 39.0. The molecule has 6 aromatic rings.